The number of hydrogen-bond donors (Lipinski definition) is 1. The Morgan fingerprint density at radius 2 is 1.55 bits per heavy atom. The first kappa shape index (κ1) is 19.5. The third-order valence-corrected chi connectivity index (χ3v) is 4.96. The van der Waals surface area contributed by atoms with Crippen LogP contribution in [0.15, 0.2) is 0 Å². The maximum atomic E-state index is 12.3. The summed E-state index contributed by atoms with van der Waals surface area (Å²) in [5.74, 6) is 0.342. The molecule has 0 spiro atoms. The number of likely N-dealkylation sites (tertiary alicyclic amines) is 1. The molecule has 130 valence electrons. The summed E-state index contributed by atoms with van der Waals surface area (Å²) in [7, 11) is 0. The van der Waals surface area contributed by atoms with Gasteiger partial charge in [0, 0.05) is 25.6 Å². The van der Waals surface area contributed by atoms with E-state index >= 15 is 0 Å². The minimum absolute atomic E-state index is 0.310. The molecule has 2 N–H and O–H groups in total. The van der Waals surface area contributed by atoms with Gasteiger partial charge in [0.25, 0.3) is 0 Å². The van der Waals surface area contributed by atoms with Gasteiger partial charge in [0.05, 0.1) is 0 Å². The summed E-state index contributed by atoms with van der Waals surface area (Å²) in [6.45, 7) is 3.82. The fourth-order valence-electron chi connectivity index (χ4n) is 3.48. The van der Waals surface area contributed by atoms with E-state index in [2.05, 4.69) is 11.8 Å². The van der Waals surface area contributed by atoms with Gasteiger partial charge in [-0.1, -0.05) is 64.7 Å². The van der Waals surface area contributed by atoms with E-state index in [1.807, 2.05) is 0 Å². The number of nitrogens with zero attached hydrogens (tertiary/aromatic N) is 1. The van der Waals surface area contributed by atoms with Crippen LogP contribution in [-0.2, 0) is 4.79 Å². The van der Waals surface area contributed by atoms with E-state index in [1.165, 1.54) is 64.2 Å². The Balaban J connectivity index is 1.96. The summed E-state index contributed by atoms with van der Waals surface area (Å²) in [5, 5.41) is 0. The smallest absolute Gasteiger partial charge is 0.222 e. The summed E-state index contributed by atoms with van der Waals surface area (Å²) in [5.41, 5.74) is 5.79. The number of nitrogens with two attached hydrogens (primary N) is 1. The van der Waals surface area contributed by atoms with Gasteiger partial charge in [-0.05, 0) is 25.7 Å². The number of carbonyl (C=O) groups excluding carboxylic acids is 1. The Kier molecular flexibility index (Phi) is 11.4. The standard InChI is InChI=1S/C19H38N2O/c1-2-3-4-5-6-7-8-9-10-11-15-19(22)21-16-13-12-14-18(21)17-20/h18H,2-17,20H2,1H3. The van der Waals surface area contributed by atoms with Crippen molar-refractivity contribution in [3.05, 3.63) is 0 Å². The Hall–Kier alpha value is -0.570. The number of rotatable bonds is 12. The topological polar surface area (TPSA) is 46.3 Å². The predicted octanol–water partition coefficient (Wildman–Crippen LogP) is 4.64. The summed E-state index contributed by atoms with van der Waals surface area (Å²) in [6, 6.07) is 0.310. The van der Waals surface area contributed by atoms with Gasteiger partial charge in [-0.25, -0.2) is 0 Å². The molecular weight excluding hydrogens is 272 g/mol. The predicted molar refractivity (Wildman–Crippen MR) is 94.9 cm³/mol. The maximum absolute atomic E-state index is 12.3. The van der Waals surface area contributed by atoms with E-state index in [1.54, 1.807) is 0 Å². The number of carbonyl (C=O) groups is 1. The van der Waals surface area contributed by atoms with Crippen molar-refractivity contribution in [2.75, 3.05) is 13.1 Å². The average molecular weight is 311 g/mol. The third kappa shape index (κ3) is 8.17. The Labute approximate surface area is 138 Å². The maximum Gasteiger partial charge on any atom is 0.222 e. The molecule has 1 fully saturated rings. The van der Waals surface area contributed by atoms with Gasteiger partial charge in [-0.15, -0.1) is 0 Å². The molecule has 22 heavy (non-hydrogen) atoms. The van der Waals surface area contributed by atoms with Gasteiger partial charge < -0.3 is 10.6 Å². The lowest BCUT2D eigenvalue weighted by atomic mass is 10.0. The third-order valence-electron chi connectivity index (χ3n) is 4.96. The molecule has 0 aliphatic carbocycles. The van der Waals surface area contributed by atoms with Gasteiger partial charge in [-0.3, -0.25) is 4.79 Å². The molecule has 1 rings (SSSR count). The summed E-state index contributed by atoms with van der Waals surface area (Å²) in [4.78, 5) is 14.3. The summed E-state index contributed by atoms with van der Waals surface area (Å²) in [6.07, 6.45) is 17.4. The van der Waals surface area contributed by atoms with Crippen LogP contribution in [-0.4, -0.2) is 29.9 Å². The highest BCUT2D eigenvalue weighted by atomic mass is 16.2. The minimum atomic E-state index is 0.310. The quantitative estimate of drug-likeness (QED) is 0.534. The van der Waals surface area contributed by atoms with Crippen LogP contribution in [0.2, 0.25) is 0 Å². The normalized spacial score (nSPS) is 18.6. The molecule has 1 amide bonds. The summed E-state index contributed by atoms with van der Waals surface area (Å²) < 4.78 is 0. The average Bonchev–Trinajstić information content (AvgIpc) is 2.56. The zero-order valence-electron chi connectivity index (χ0n) is 14.8. The van der Waals surface area contributed by atoms with Crippen molar-refractivity contribution in [3.8, 4) is 0 Å². The molecule has 0 saturated carbocycles. The molecule has 1 atom stereocenters. The Bertz CT molecular complexity index is 281. The second-order valence-corrected chi connectivity index (χ2v) is 6.90. The van der Waals surface area contributed by atoms with Crippen molar-refractivity contribution in [2.24, 2.45) is 5.73 Å². The highest BCUT2D eigenvalue weighted by molar-refractivity contribution is 5.76. The molecule has 1 aliphatic rings. The van der Waals surface area contributed by atoms with Crippen molar-refractivity contribution >= 4 is 5.91 Å². The van der Waals surface area contributed by atoms with Crippen molar-refractivity contribution in [1.29, 1.82) is 0 Å². The Morgan fingerprint density at radius 1 is 0.955 bits per heavy atom. The molecule has 1 heterocycles. The van der Waals surface area contributed by atoms with Gasteiger partial charge in [0.1, 0.15) is 0 Å². The molecule has 0 radical (unpaired) electrons. The first-order chi connectivity index (χ1) is 10.8. The van der Waals surface area contributed by atoms with E-state index < -0.39 is 0 Å². The monoisotopic (exact) mass is 310 g/mol. The lowest BCUT2D eigenvalue weighted by Crippen LogP contribution is -2.47. The van der Waals surface area contributed by atoms with Crippen molar-refractivity contribution < 1.29 is 4.79 Å². The second-order valence-electron chi connectivity index (χ2n) is 6.90. The van der Waals surface area contributed by atoms with E-state index in [-0.39, 0.29) is 0 Å². The SMILES string of the molecule is CCCCCCCCCCCCC(=O)N1CCCCC1CN. The molecule has 3 heteroatoms. The van der Waals surface area contributed by atoms with Crippen LogP contribution in [0, 0.1) is 0 Å². The summed E-state index contributed by atoms with van der Waals surface area (Å²) >= 11 is 0. The van der Waals surface area contributed by atoms with Gasteiger partial charge in [0.15, 0.2) is 0 Å². The van der Waals surface area contributed by atoms with Crippen LogP contribution in [0.25, 0.3) is 0 Å². The molecule has 1 aliphatic heterocycles. The molecular formula is C19H38N2O. The lowest BCUT2D eigenvalue weighted by Gasteiger charge is -2.35. The molecule has 0 aromatic heterocycles. The zero-order valence-corrected chi connectivity index (χ0v) is 14.8. The Morgan fingerprint density at radius 3 is 2.14 bits per heavy atom. The first-order valence-corrected chi connectivity index (χ1v) is 9.79. The lowest BCUT2D eigenvalue weighted by molar-refractivity contribution is -0.134. The molecule has 0 aromatic rings. The first-order valence-electron chi connectivity index (χ1n) is 9.79. The van der Waals surface area contributed by atoms with Gasteiger partial charge in [0.2, 0.25) is 5.91 Å². The van der Waals surface area contributed by atoms with Crippen LogP contribution in [0.3, 0.4) is 0 Å². The van der Waals surface area contributed by atoms with Crippen molar-refractivity contribution in [1.82, 2.24) is 4.90 Å². The van der Waals surface area contributed by atoms with Crippen LogP contribution < -0.4 is 5.73 Å². The number of unbranched alkanes of at least 4 members (excludes halogenated alkanes) is 9. The molecule has 1 unspecified atom stereocenters. The molecule has 0 aromatic carbocycles. The van der Waals surface area contributed by atoms with Gasteiger partial charge >= 0.3 is 0 Å². The van der Waals surface area contributed by atoms with E-state index in [4.69, 9.17) is 5.73 Å². The van der Waals surface area contributed by atoms with Gasteiger partial charge in [-0.2, -0.15) is 0 Å². The van der Waals surface area contributed by atoms with Crippen molar-refractivity contribution in [2.45, 2.75) is 103 Å². The van der Waals surface area contributed by atoms with E-state index in [0.717, 1.165) is 32.2 Å². The molecule has 0 bridgehead atoms. The number of piperidine rings is 1. The molecule has 1 saturated heterocycles. The van der Waals surface area contributed by atoms with Crippen LogP contribution in [0.1, 0.15) is 96.8 Å². The highest BCUT2D eigenvalue weighted by Gasteiger charge is 2.24. The fourth-order valence-corrected chi connectivity index (χ4v) is 3.48. The van der Waals surface area contributed by atoms with E-state index in [0.29, 0.717) is 18.5 Å². The van der Waals surface area contributed by atoms with Crippen LogP contribution in [0.5, 0.6) is 0 Å². The largest absolute Gasteiger partial charge is 0.338 e. The zero-order chi connectivity index (χ0) is 16.0. The number of hydrogen-bond acceptors (Lipinski definition) is 2. The second kappa shape index (κ2) is 12.9. The molecule has 3 nitrogen and oxygen atoms in total. The van der Waals surface area contributed by atoms with Crippen LogP contribution >= 0.6 is 0 Å². The van der Waals surface area contributed by atoms with Crippen molar-refractivity contribution in [3.63, 3.8) is 0 Å². The van der Waals surface area contributed by atoms with E-state index in [9.17, 15) is 4.79 Å². The van der Waals surface area contributed by atoms with Crippen LogP contribution in [0.4, 0.5) is 0 Å². The highest BCUT2D eigenvalue weighted by Crippen LogP contribution is 2.18. The number of amides is 1. The minimum Gasteiger partial charge on any atom is -0.338 e. The fraction of sp³-hybridized carbons (Fsp3) is 0.947.